The van der Waals surface area contributed by atoms with Gasteiger partial charge in [0.2, 0.25) is 11.9 Å². The van der Waals surface area contributed by atoms with E-state index in [1.54, 1.807) is 32.9 Å². The van der Waals surface area contributed by atoms with Crippen LogP contribution in [-0.4, -0.2) is 64.0 Å². The molecule has 3 rings (SSSR count). The van der Waals surface area contributed by atoms with Gasteiger partial charge in [-0.25, -0.2) is 9.78 Å². The number of rotatable bonds is 7. The minimum atomic E-state index is -1.02. The maximum Gasteiger partial charge on any atom is 0.328 e. The number of H-pyrrole nitrogens is 2. The Kier molecular flexibility index (Phi) is 8.82. The molecule has 13 heteroatoms. The Morgan fingerprint density at radius 1 is 1.00 bits per heavy atom. The molecule has 4 N–H and O–H groups in total. The van der Waals surface area contributed by atoms with Gasteiger partial charge in [0.05, 0.1) is 14.2 Å². The van der Waals surface area contributed by atoms with Crippen LogP contribution in [0.3, 0.4) is 0 Å². The zero-order valence-corrected chi connectivity index (χ0v) is 22.1. The van der Waals surface area contributed by atoms with Crippen LogP contribution >= 0.6 is 0 Å². The molecule has 0 aliphatic heterocycles. The van der Waals surface area contributed by atoms with E-state index in [1.165, 1.54) is 26.4 Å². The number of ether oxygens (including phenoxy) is 2. The summed E-state index contributed by atoms with van der Waals surface area (Å²) in [5, 5.41) is 5.10. The fourth-order valence-electron chi connectivity index (χ4n) is 3.15. The Morgan fingerprint density at radius 3 is 2.31 bits per heavy atom. The molecule has 2 amide bonds. The van der Waals surface area contributed by atoms with E-state index < -0.39 is 34.9 Å². The van der Waals surface area contributed by atoms with Crippen LogP contribution in [0.2, 0.25) is 0 Å². The second-order valence-corrected chi connectivity index (χ2v) is 9.39. The van der Waals surface area contributed by atoms with Crippen LogP contribution in [0.15, 0.2) is 29.1 Å². The lowest BCUT2D eigenvalue weighted by molar-refractivity contribution is -0.144. The summed E-state index contributed by atoms with van der Waals surface area (Å²) in [5.41, 5.74) is -0.199. The molecule has 0 saturated carbocycles. The van der Waals surface area contributed by atoms with E-state index in [-0.39, 0.29) is 47.2 Å². The summed E-state index contributed by atoms with van der Waals surface area (Å²) in [6, 6.07) is 5.20. The number of hydrogen-bond donors (Lipinski definition) is 4. The molecule has 2 heterocycles. The van der Waals surface area contributed by atoms with E-state index in [0.717, 1.165) is 0 Å². The highest BCUT2D eigenvalue weighted by atomic mass is 16.5. The second-order valence-electron chi connectivity index (χ2n) is 9.39. The largest absolute Gasteiger partial charge is 0.469 e. The van der Waals surface area contributed by atoms with Crippen molar-refractivity contribution in [2.75, 3.05) is 19.5 Å². The number of carbonyl (C=O) groups is 4. The number of nitrogens with zero attached hydrogens (tertiary/aromatic N) is 2. The first-order valence-electron chi connectivity index (χ1n) is 11.8. The molecule has 0 bridgehead atoms. The Hall–Kier alpha value is -4.99. The highest BCUT2D eigenvalue weighted by Gasteiger charge is 2.24. The highest BCUT2D eigenvalue weighted by molar-refractivity contribution is 5.97. The van der Waals surface area contributed by atoms with Crippen LogP contribution in [-0.2, 0) is 23.9 Å². The van der Waals surface area contributed by atoms with Crippen molar-refractivity contribution in [3.05, 3.63) is 51.6 Å². The average molecular weight is 537 g/mol. The molecule has 0 aliphatic rings. The van der Waals surface area contributed by atoms with E-state index in [1.807, 2.05) is 0 Å². The summed E-state index contributed by atoms with van der Waals surface area (Å²) in [5.74, 6) is 3.77. The van der Waals surface area contributed by atoms with Gasteiger partial charge in [0.1, 0.15) is 6.04 Å². The fourth-order valence-corrected chi connectivity index (χ4v) is 3.15. The summed E-state index contributed by atoms with van der Waals surface area (Å²) in [4.78, 5) is 74.2. The molecule has 0 saturated heterocycles. The molecule has 0 unspecified atom stereocenters. The number of aromatic nitrogens is 4. The van der Waals surface area contributed by atoms with Crippen molar-refractivity contribution < 1.29 is 28.7 Å². The Morgan fingerprint density at radius 2 is 1.69 bits per heavy atom. The monoisotopic (exact) mass is 536 g/mol. The van der Waals surface area contributed by atoms with Crippen molar-refractivity contribution in [3.8, 4) is 11.8 Å². The van der Waals surface area contributed by atoms with E-state index >= 15 is 0 Å². The van der Waals surface area contributed by atoms with Crippen LogP contribution in [0.25, 0.3) is 11.2 Å². The number of esters is 2. The molecule has 204 valence electrons. The maximum atomic E-state index is 12.6. The van der Waals surface area contributed by atoms with Crippen molar-refractivity contribution in [1.29, 1.82) is 0 Å². The van der Waals surface area contributed by atoms with Gasteiger partial charge in [0.15, 0.2) is 17.0 Å². The van der Waals surface area contributed by atoms with Crippen molar-refractivity contribution >= 4 is 40.9 Å². The fraction of sp³-hybridized carbons (Fsp3) is 0.346. The Bertz CT molecular complexity index is 1520. The van der Waals surface area contributed by atoms with Crippen LogP contribution in [0.4, 0.5) is 5.95 Å². The predicted octanol–water partition coefficient (Wildman–Crippen LogP) is 1.26. The van der Waals surface area contributed by atoms with Gasteiger partial charge in [0, 0.05) is 23.0 Å². The summed E-state index contributed by atoms with van der Waals surface area (Å²) in [6.07, 6.45) is -0.0462. The minimum absolute atomic E-state index is 0.0213. The normalized spacial score (nSPS) is 11.6. The molecule has 0 radical (unpaired) electrons. The zero-order chi connectivity index (χ0) is 28.7. The number of methoxy groups -OCH3 is 2. The van der Waals surface area contributed by atoms with Crippen LogP contribution in [0, 0.1) is 17.3 Å². The molecular formula is C26H28N6O7. The molecule has 13 nitrogen and oxygen atoms in total. The van der Waals surface area contributed by atoms with Crippen molar-refractivity contribution in [2.24, 2.45) is 5.41 Å². The lowest BCUT2D eigenvalue weighted by atomic mass is 9.96. The number of amides is 2. The first-order valence-corrected chi connectivity index (χ1v) is 11.8. The van der Waals surface area contributed by atoms with Gasteiger partial charge in [-0.3, -0.25) is 29.5 Å². The molecule has 0 aliphatic carbocycles. The van der Waals surface area contributed by atoms with Crippen molar-refractivity contribution in [3.63, 3.8) is 0 Å². The van der Waals surface area contributed by atoms with E-state index in [9.17, 15) is 24.0 Å². The van der Waals surface area contributed by atoms with Gasteiger partial charge in [0.25, 0.3) is 11.5 Å². The summed E-state index contributed by atoms with van der Waals surface area (Å²) in [7, 11) is 2.42. The Balaban J connectivity index is 1.72. The number of carbonyl (C=O) groups excluding carboxylic acids is 4. The van der Waals surface area contributed by atoms with Crippen LogP contribution in [0.5, 0.6) is 0 Å². The molecule has 1 atom stereocenters. The van der Waals surface area contributed by atoms with Gasteiger partial charge in [-0.05, 0) is 36.6 Å². The molecule has 0 spiro atoms. The molecule has 39 heavy (non-hydrogen) atoms. The number of nitrogens with one attached hydrogen (secondary N) is 4. The van der Waals surface area contributed by atoms with Gasteiger partial charge >= 0.3 is 11.9 Å². The first kappa shape index (κ1) is 28.6. The highest BCUT2D eigenvalue weighted by Crippen LogP contribution is 2.15. The minimum Gasteiger partial charge on any atom is -0.469 e. The standard InChI is InChI=1S/C26H28N6O7/c1-26(2,3)24(37)32-25-30-20-19(22(35)31-25)28-17(29-20)12-8-14-6-9-15(10-7-14)21(34)27-16(23(36)39-5)11-13-18(33)38-4/h6-7,9-10,16H,11,13H2,1-5H3,(H,27,34)(H3,28,29,30,31,32,35,37)/t16-/m0/s1. The molecule has 3 aromatic rings. The third-order valence-electron chi connectivity index (χ3n) is 5.40. The third-order valence-corrected chi connectivity index (χ3v) is 5.40. The van der Waals surface area contributed by atoms with Crippen molar-refractivity contribution in [1.82, 2.24) is 25.3 Å². The summed E-state index contributed by atoms with van der Waals surface area (Å²) < 4.78 is 9.26. The molecule has 1 aromatic carbocycles. The van der Waals surface area contributed by atoms with Gasteiger partial charge in [-0.2, -0.15) is 4.98 Å². The molecule has 2 aromatic heterocycles. The van der Waals surface area contributed by atoms with E-state index in [2.05, 4.69) is 47.1 Å². The third kappa shape index (κ3) is 7.51. The smallest absolute Gasteiger partial charge is 0.328 e. The molecular weight excluding hydrogens is 508 g/mol. The summed E-state index contributed by atoms with van der Waals surface area (Å²) in [6.45, 7) is 5.19. The maximum absolute atomic E-state index is 12.6. The lowest BCUT2D eigenvalue weighted by Crippen LogP contribution is -2.41. The van der Waals surface area contributed by atoms with E-state index in [0.29, 0.717) is 5.56 Å². The Labute approximate surface area is 223 Å². The number of fused-ring (bicyclic) bond motifs is 1. The topological polar surface area (TPSA) is 185 Å². The van der Waals surface area contributed by atoms with Gasteiger partial charge < -0.3 is 19.8 Å². The second kappa shape index (κ2) is 12.0. The number of imidazole rings is 1. The zero-order valence-electron chi connectivity index (χ0n) is 22.1. The van der Waals surface area contributed by atoms with E-state index in [4.69, 9.17) is 4.74 Å². The SMILES string of the molecule is COC(=O)CC[C@H](NC(=O)c1ccc(C#Cc2nc3nc(NC(=O)C(C)(C)C)[nH]c(=O)c3[nH]2)cc1)C(=O)OC. The number of aromatic amines is 2. The predicted molar refractivity (Wildman–Crippen MR) is 140 cm³/mol. The first-order chi connectivity index (χ1) is 18.4. The van der Waals surface area contributed by atoms with Gasteiger partial charge in [-0.15, -0.1) is 0 Å². The number of anilines is 1. The quantitative estimate of drug-likeness (QED) is 0.255. The summed E-state index contributed by atoms with van der Waals surface area (Å²) >= 11 is 0. The van der Waals surface area contributed by atoms with Crippen LogP contribution in [0.1, 0.15) is 55.4 Å². The molecule has 0 fully saturated rings. The van der Waals surface area contributed by atoms with Gasteiger partial charge in [-0.1, -0.05) is 26.7 Å². The number of hydrogen-bond acceptors (Lipinski definition) is 9. The average Bonchev–Trinajstić information content (AvgIpc) is 3.32. The lowest BCUT2D eigenvalue weighted by Gasteiger charge is -2.16. The number of benzene rings is 1. The van der Waals surface area contributed by atoms with Crippen molar-refractivity contribution in [2.45, 2.75) is 39.7 Å². The van der Waals surface area contributed by atoms with Crippen LogP contribution < -0.4 is 16.2 Å².